The van der Waals surface area contributed by atoms with Crippen molar-refractivity contribution in [3.05, 3.63) is 81.7 Å². The minimum absolute atomic E-state index is 0.421. The molecule has 3 amide bonds. The summed E-state index contributed by atoms with van der Waals surface area (Å²) in [5.41, 5.74) is 8.69. The standard InChI is InChI=1S/C17H20ClN3O2S.C9H14/c1-3-5-12-13(4-2)24-16(14(12)15(19)22)21-17(23)20-11-8-6-10(18)7-9-11;1-4-6-7-8-9(3)5-2/h6-9H,3-5H2,1-2H3,(H2,19,22)(H2,20,21,23);4,6-8H,3,5H2,1-2H3/b;6-4-,8-7-. The molecular formula is C26H34ClN3O2S. The smallest absolute Gasteiger partial charge is 0.324 e. The Bertz CT molecular complexity index is 992. The zero-order valence-electron chi connectivity index (χ0n) is 19.8. The van der Waals surface area contributed by atoms with Gasteiger partial charge in [-0.3, -0.25) is 10.1 Å². The number of allylic oxidation sites excluding steroid dienone is 5. The van der Waals surface area contributed by atoms with Crippen LogP contribution < -0.4 is 16.4 Å². The van der Waals surface area contributed by atoms with Crippen LogP contribution in [0.1, 0.15) is 61.3 Å². The van der Waals surface area contributed by atoms with Crippen molar-refractivity contribution in [1.82, 2.24) is 0 Å². The molecule has 0 unspecified atom stereocenters. The van der Waals surface area contributed by atoms with Gasteiger partial charge in [-0.1, -0.05) is 75.2 Å². The molecule has 0 aliphatic rings. The van der Waals surface area contributed by atoms with Crippen LogP contribution in [-0.2, 0) is 12.8 Å². The van der Waals surface area contributed by atoms with Gasteiger partial charge in [0.05, 0.1) is 5.56 Å². The Morgan fingerprint density at radius 1 is 1.12 bits per heavy atom. The molecule has 0 aliphatic carbocycles. The minimum atomic E-state index is -0.517. The zero-order chi connectivity index (χ0) is 24.8. The van der Waals surface area contributed by atoms with Gasteiger partial charge >= 0.3 is 6.03 Å². The van der Waals surface area contributed by atoms with Crippen molar-refractivity contribution in [2.45, 2.75) is 53.4 Å². The predicted octanol–water partition coefficient (Wildman–Crippen LogP) is 7.74. The summed E-state index contributed by atoms with van der Waals surface area (Å²) in [6.07, 6.45) is 11.5. The molecule has 0 atom stereocenters. The van der Waals surface area contributed by atoms with E-state index in [1.165, 1.54) is 16.9 Å². The molecular weight excluding hydrogens is 454 g/mol. The molecule has 1 heterocycles. The quantitative estimate of drug-likeness (QED) is 0.316. The predicted molar refractivity (Wildman–Crippen MR) is 144 cm³/mol. The van der Waals surface area contributed by atoms with Gasteiger partial charge in [0.2, 0.25) is 0 Å². The lowest BCUT2D eigenvalue weighted by Gasteiger charge is -2.08. The van der Waals surface area contributed by atoms with Crippen LogP contribution in [0.15, 0.2) is 60.7 Å². The highest BCUT2D eigenvalue weighted by Gasteiger charge is 2.22. The molecule has 0 bridgehead atoms. The third-order valence-corrected chi connectivity index (χ3v) is 6.12. The molecule has 1 aromatic carbocycles. The summed E-state index contributed by atoms with van der Waals surface area (Å²) in [4.78, 5) is 25.2. The molecule has 2 aromatic rings. The molecule has 5 nitrogen and oxygen atoms in total. The fourth-order valence-corrected chi connectivity index (χ4v) is 4.19. The highest BCUT2D eigenvalue weighted by molar-refractivity contribution is 7.17. The van der Waals surface area contributed by atoms with Gasteiger partial charge in [-0.25, -0.2) is 4.79 Å². The molecule has 178 valence electrons. The molecule has 33 heavy (non-hydrogen) atoms. The number of hydrogen-bond donors (Lipinski definition) is 3. The average molecular weight is 488 g/mol. The summed E-state index contributed by atoms with van der Waals surface area (Å²) in [6, 6.07) is 6.35. The fraction of sp³-hybridized carbons (Fsp3) is 0.308. The number of aryl methyl sites for hydroxylation is 1. The molecule has 2 rings (SSSR count). The summed E-state index contributed by atoms with van der Waals surface area (Å²) in [6.45, 7) is 12.0. The fourth-order valence-electron chi connectivity index (χ4n) is 2.88. The largest absolute Gasteiger partial charge is 0.365 e. The SMILES string of the molecule is C=C(/C=C\C=C/C)CC.CCCc1c(CC)sc(NC(=O)Nc2ccc(Cl)cc2)c1C(N)=O. The van der Waals surface area contributed by atoms with Crippen LogP contribution in [0, 0.1) is 0 Å². The number of thiophene rings is 1. The van der Waals surface area contributed by atoms with E-state index < -0.39 is 11.9 Å². The molecule has 0 saturated heterocycles. The molecule has 0 aliphatic heterocycles. The number of nitrogens with two attached hydrogens (primary N) is 1. The Labute approximate surface area is 206 Å². The first-order valence-electron chi connectivity index (χ1n) is 11.0. The van der Waals surface area contributed by atoms with Gasteiger partial charge in [0.15, 0.2) is 0 Å². The summed E-state index contributed by atoms with van der Waals surface area (Å²) in [7, 11) is 0. The van der Waals surface area contributed by atoms with Crippen molar-refractivity contribution in [1.29, 1.82) is 0 Å². The normalized spacial score (nSPS) is 10.7. The van der Waals surface area contributed by atoms with Crippen molar-refractivity contribution in [2.24, 2.45) is 5.73 Å². The molecule has 4 N–H and O–H groups in total. The lowest BCUT2D eigenvalue weighted by Crippen LogP contribution is -2.22. The molecule has 0 spiro atoms. The molecule has 1 aromatic heterocycles. The van der Waals surface area contributed by atoms with E-state index in [2.05, 4.69) is 24.1 Å². The number of carbonyl (C=O) groups is 2. The van der Waals surface area contributed by atoms with E-state index in [-0.39, 0.29) is 0 Å². The number of benzene rings is 1. The van der Waals surface area contributed by atoms with E-state index in [1.54, 1.807) is 24.3 Å². The molecule has 0 saturated carbocycles. The average Bonchev–Trinajstić information content (AvgIpc) is 3.13. The third-order valence-electron chi connectivity index (χ3n) is 4.58. The number of nitrogens with one attached hydrogen (secondary N) is 2. The lowest BCUT2D eigenvalue weighted by atomic mass is 10.0. The number of primary amides is 1. The minimum Gasteiger partial charge on any atom is -0.365 e. The van der Waals surface area contributed by atoms with Crippen molar-refractivity contribution in [3.63, 3.8) is 0 Å². The second-order valence-corrected chi connectivity index (χ2v) is 8.70. The maximum Gasteiger partial charge on any atom is 0.324 e. The summed E-state index contributed by atoms with van der Waals surface area (Å²) < 4.78 is 0. The number of amides is 3. The molecule has 7 heteroatoms. The number of anilines is 2. The Morgan fingerprint density at radius 2 is 1.79 bits per heavy atom. The molecule has 0 radical (unpaired) electrons. The second kappa shape index (κ2) is 15.1. The van der Waals surface area contributed by atoms with Crippen LogP contribution in [0.5, 0.6) is 0 Å². The van der Waals surface area contributed by atoms with Gasteiger partial charge < -0.3 is 11.1 Å². The van der Waals surface area contributed by atoms with Gasteiger partial charge in [-0.2, -0.15) is 0 Å². The van der Waals surface area contributed by atoms with Gasteiger partial charge in [0.1, 0.15) is 5.00 Å². The van der Waals surface area contributed by atoms with Crippen molar-refractivity contribution < 1.29 is 9.59 Å². The van der Waals surface area contributed by atoms with Gasteiger partial charge in [-0.15, -0.1) is 11.3 Å². The van der Waals surface area contributed by atoms with Gasteiger partial charge in [0.25, 0.3) is 5.91 Å². The van der Waals surface area contributed by atoms with Crippen LogP contribution in [0.25, 0.3) is 0 Å². The maximum absolute atomic E-state index is 12.2. The first-order valence-corrected chi connectivity index (χ1v) is 12.2. The Hall–Kier alpha value is -2.83. The van der Waals surface area contributed by atoms with Crippen LogP contribution in [0.3, 0.4) is 0 Å². The van der Waals surface area contributed by atoms with E-state index in [9.17, 15) is 9.59 Å². The topological polar surface area (TPSA) is 84.2 Å². The zero-order valence-corrected chi connectivity index (χ0v) is 21.4. The maximum atomic E-state index is 12.2. The first kappa shape index (κ1) is 28.2. The van der Waals surface area contributed by atoms with Crippen LogP contribution >= 0.6 is 22.9 Å². The summed E-state index contributed by atoms with van der Waals surface area (Å²) >= 11 is 7.22. The van der Waals surface area contributed by atoms with Crippen molar-refractivity contribution in [3.8, 4) is 0 Å². The Kier molecular flexibility index (Phi) is 12.9. The number of halogens is 1. The highest BCUT2D eigenvalue weighted by Crippen LogP contribution is 2.34. The van der Waals surface area contributed by atoms with E-state index in [0.717, 1.165) is 36.1 Å². The third kappa shape index (κ3) is 9.68. The molecule has 0 fully saturated rings. The number of hydrogen-bond acceptors (Lipinski definition) is 3. The summed E-state index contributed by atoms with van der Waals surface area (Å²) in [5, 5.41) is 6.54. The van der Waals surface area contributed by atoms with Crippen molar-refractivity contribution >= 4 is 45.6 Å². The van der Waals surface area contributed by atoms with Crippen LogP contribution in [-0.4, -0.2) is 11.9 Å². The number of carbonyl (C=O) groups excluding carboxylic acids is 2. The van der Waals surface area contributed by atoms with E-state index in [1.807, 2.05) is 45.1 Å². The Balaban J connectivity index is 0.000000513. The highest BCUT2D eigenvalue weighted by atomic mass is 35.5. The van der Waals surface area contributed by atoms with E-state index in [4.69, 9.17) is 17.3 Å². The first-order chi connectivity index (χ1) is 15.8. The lowest BCUT2D eigenvalue weighted by molar-refractivity contribution is 0.100. The van der Waals surface area contributed by atoms with Crippen LogP contribution in [0.4, 0.5) is 15.5 Å². The summed E-state index contributed by atoms with van der Waals surface area (Å²) in [5.74, 6) is -0.517. The number of rotatable bonds is 9. The van der Waals surface area contributed by atoms with Gasteiger partial charge in [-0.05, 0) is 56.0 Å². The Morgan fingerprint density at radius 3 is 2.30 bits per heavy atom. The van der Waals surface area contributed by atoms with Crippen molar-refractivity contribution in [2.75, 3.05) is 10.6 Å². The van der Waals surface area contributed by atoms with E-state index >= 15 is 0 Å². The van der Waals surface area contributed by atoms with Crippen LogP contribution in [0.2, 0.25) is 5.02 Å². The number of urea groups is 1. The van der Waals surface area contributed by atoms with E-state index in [0.29, 0.717) is 21.3 Å². The second-order valence-electron chi connectivity index (χ2n) is 7.16. The monoisotopic (exact) mass is 487 g/mol. The van der Waals surface area contributed by atoms with Gasteiger partial charge in [0, 0.05) is 15.6 Å².